The number of carbonyl (C=O) groups is 1. The highest BCUT2D eigenvalue weighted by Crippen LogP contribution is 2.25. The fourth-order valence-corrected chi connectivity index (χ4v) is 3.53. The second kappa shape index (κ2) is 9.09. The van der Waals surface area contributed by atoms with Gasteiger partial charge >= 0.3 is 0 Å². The average Bonchev–Trinajstić information content (AvgIpc) is 3.17. The maximum atomic E-state index is 14.5. The lowest BCUT2D eigenvalue weighted by Gasteiger charge is -2.29. The van der Waals surface area contributed by atoms with Gasteiger partial charge in [-0.2, -0.15) is 11.8 Å². The quantitative estimate of drug-likeness (QED) is 0.803. The van der Waals surface area contributed by atoms with Crippen molar-refractivity contribution in [2.45, 2.75) is 12.5 Å². The van der Waals surface area contributed by atoms with Crippen molar-refractivity contribution in [3.8, 4) is 0 Å². The van der Waals surface area contributed by atoms with Crippen LogP contribution in [0.4, 0.5) is 15.8 Å². The van der Waals surface area contributed by atoms with Gasteiger partial charge in [-0.05, 0) is 48.8 Å². The van der Waals surface area contributed by atoms with Crippen molar-refractivity contribution < 1.29 is 13.9 Å². The molecule has 140 valence electrons. The van der Waals surface area contributed by atoms with Gasteiger partial charge in [0.1, 0.15) is 11.9 Å². The predicted octanol–water partition coefficient (Wildman–Crippen LogP) is 3.40. The molecule has 2 heterocycles. The summed E-state index contributed by atoms with van der Waals surface area (Å²) >= 11 is 1.70. The normalized spacial score (nSPS) is 15.7. The molecule has 1 aliphatic rings. The Morgan fingerprint density at radius 2 is 2.04 bits per heavy atom. The third-order valence-corrected chi connectivity index (χ3v) is 5.10. The Bertz CT molecular complexity index is 718. The Hall–Kier alpha value is -1.99. The first kappa shape index (κ1) is 18.8. The number of amides is 1. The second-order valence-electron chi connectivity index (χ2n) is 6.18. The third kappa shape index (κ3) is 4.59. The molecule has 0 unspecified atom stereocenters. The van der Waals surface area contributed by atoms with Gasteiger partial charge in [-0.25, -0.2) is 4.39 Å². The van der Waals surface area contributed by atoms with Crippen LogP contribution in [0.1, 0.15) is 12.5 Å². The summed E-state index contributed by atoms with van der Waals surface area (Å²) in [7, 11) is 0. The minimum absolute atomic E-state index is 0.131. The van der Waals surface area contributed by atoms with Gasteiger partial charge in [0.05, 0.1) is 18.9 Å². The van der Waals surface area contributed by atoms with Gasteiger partial charge in [0, 0.05) is 31.2 Å². The number of aromatic nitrogens is 1. The highest BCUT2D eigenvalue weighted by molar-refractivity contribution is 7.98. The Kier molecular flexibility index (Phi) is 6.57. The molecule has 3 rings (SSSR count). The van der Waals surface area contributed by atoms with E-state index in [9.17, 15) is 9.18 Å². The molecule has 0 aliphatic carbocycles. The molecule has 0 saturated carbocycles. The van der Waals surface area contributed by atoms with Crippen molar-refractivity contribution in [1.29, 1.82) is 0 Å². The molecule has 0 spiro atoms. The maximum Gasteiger partial charge on any atom is 0.247 e. The van der Waals surface area contributed by atoms with E-state index in [2.05, 4.69) is 5.32 Å². The van der Waals surface area contributed by atoms with Crippen LogP contribution in [0, 0.1) is 5.82 Å². The van der Waals surface area contributed by atoms with Crippen molar-refractivity contribution in [3.63, 3.8) is 0 Å². The lowest BCUT2D eigenvalue weighted by molar-refractivity contribution is -0.119. The van der Waals surface area contributed by atoms with E-state index in [0.29, 0.717) is 37.7 Å². The fourth-order valence-electron chi connectivity index (χ4n) is 3.07. The lowest BCUT2D eigenvalue weighted by atomic mass is 10.2. The van der Waals surface area contributed by atoms with E-state index >= 15 is 0 Å². The lowest BCUT2D eigenvalue weighted by Crippen LogP contribution is -2.36. The van der Waals surface area contributed by atoms with E-state index in [1.165, 1.54) is 6.07 Å². The molecule has 1 aliphatic heterocycles. The molecule has 1 N–H and O–H groups in total. The number of benzene rings is 1. The summed E-state index contributed by atoms with van der Waals surface area (Å²) in [5.74, 6) is 0.417. The molecule has 0 bridgehead atoms. The van der Waals surface area contributed by atoms with Crippen LogP contribution in [-0.2, 0) is 9.53 Å². The largest absolute Gasteiger partial charge is 0.378 e. The zero-order valence-corrected chi connectivity index (χ0v) is 15.7. The number of nitrogens with zero attached hydrogens (tertiary/aromatic N) is 2. The van der Waals surface area contributed by atoms with Crippen molar-refractivity contribution in [2.75, 3.05) is 48.5 Å². The molecule has 1 aromatic carbocycles. The number of ether oxygens (including phenoxy) is 1. The number of morpholine rings is 1. The number of thioether (sulfide) groups is 1. The van der Waals surface area contributed by atoms with E-state index in [1.807, 2.05) is 40.2 Å². The van der Waals surface area contributed by atoms with Crippen molar-refractivity contribution in [3.05, 3.63) is 48.5 Å². The molecular formula is C19H24FN3O2S. The standard InChI is InChI=1S/C19H24FN3O2S/c1-26-13-6-18(22-7-2-3-8-22)19(24)21-15-4-5-17(16(20)14-15)23-9-11-25-12-10-23/h2-5,7-8,14,18H,6,9-13H2,1H3,(H,21,24)/t18-/m1/s1. The van der Waals surface area contributed by atoms with Gasteiger partial charge in [-0.3, -0.25) is 4.79 Å². The van der Waals surface area contributed by atoms with Gasteiger partial charge in [-0.15, -0.1) is 0 Å². The van der Waals surface area contributed by atoms with Gasteiger partial charge < -0.3 is 19.5 Å². The van der Waals surface area contributed by atoms with E-state index in [4.69, 9.17) is 4.74 Å². The SMILES string of the molecule is CSCC[C@H](C(=O)Nc1ccc(N2CCOCC2)c(F)c1)n1cccc1. The van der Waals surface area contributed by atoms with Crippen molar-refractivity contribution >= 4 is 29.0 Å². The Morgan fingerprint density at radius 3 is 2.69 bits per heavy atom. The molecule has 1 fully saturated rings. The summed E-state index contributed by atoms with van der Waals surface area (Å²) < 4.78 is 21.7. The third-order valence-electron chi connectivity index (χ3n) is 4.45. The van der Waals surface area contributed by atoms with Gasteiger partial charge in [0.2, 0.25) is 5.91 Å². The van der Waals surface area contributed by atoms with Crippen molar-refractivity contribution in [1.82, 2.24) is 4.57 Å². The highest BCUT2D eigenvalue weighted by Gasteiger charge is 2.20. The van der Waals surface area contributed by atoms with Crippen LogP contribution in [0.3, 0.4) is 0 Å². The number of nitrogens with one attached hydrogen (secondary N) is 1. The van der Waals surface area contributed by atoms with E-state index in [1.54, 1.807) is 23.9 Å². The first-order chi connectivity index (χ1) is 12.7. The molecule has 1 saturated heterocycles. The topological polar surface area (TPSA) is 46.5 Å². The minimum Gasteiger partial charge on any atom is -0.378 e. The number of carbonyl (C=O) groups excluding carboxylic acids is 1. The van der Waals surface area contributed by atoms with Gasteiger partial charge in [0.25, 0.3) is 0 Å². The number of hydrogen-bond acceptors (Lipinski definition) is 4. The van der Waals surface area contributed by atoms with Crippen molar-refractivity contribution in [2.24, 2.45) is 0 Å². The summed E-state index contributed by atoms with van der Waals surface area (Å²) in [6.07, 6.45) is 6.50. The zero-order chi connectivity index (χ0) is 18.4. The summed E-state index contributed by atoms with van der Waals surface area (Å²) in [6.45, 7) is 2.55. The molecule has 1 aromatic heterocycles. The summed E-state index contributed by atoms with van der Waals surface area (Å²) in [4.78, 5) is 14.7. The molecule has 26 heavy (non-hydrogen) atoms. The Balaban J connectivity index is 1.70. The van der Waals surface area contributed by atoms with E-state index in [-0.39, 0.29) is 17.8 Å². The molecule has 1 atom stereocenters. The van der Waals surface area contributed by atoms with E-state index < -0.39 is 0 Å². The molecule has 7 heteroatoms. The Labute approximate surface area is 157 Å². The maximum absolute atomic E-state index is 14.5. The number of hydrogen-bond donors (Lipinski definition) is 1. The first-order valence-electron chi connectivity index (χ1n) is 8.73. The Morgan fingerprint density at radius 1 is 1.31 bits per heavy atom. The molecular weight excluding hydrogens is 353 g/mol. The smallest absolute Gasteiger partial charge is 0.247 e. The van der Waals surface area contributed by atoms with Gasteiger partial charge in [-0.1, -0.05) is 0 Å². The minimum atomic E-state index is -0.327. The van der Waals surface area contributed by atoms with Crippen LogP contribution in [0.2, 0.25) is 0 Å². The molecule has 2 aromatic rings. The highest BCUT2D eigenvalue weighted by atomic mass is 32.2. The average molecular weight is 377 g/mol. The predicted molar refractivity (Wildman–Crippen MR) is 105 cm³/mol. The van der Waals surface area contributed by atoms with Crippen LogP contribution >= 0.6 is 11.8 Å². The summed E-state index contributed by atoms with van der Waals surface area (Å²) in [5.41, 5.74) is 1.03. The zero-order valence-electron chi connectivity index (χ0n) is 14.9. The van der Waals surface area contributed by atoms with Crippen LogP contribution in [-0.4, -0.2) is 48.8 Å². The monoisotopic (exact) mass is 377 g/mol. The summed E-state index contributed by atoms with van der Waals surface area (Å²) in [5, 5.41) is 2.86. The summed E-state index contributed by atoms with van der Waals surface area (Å²) in [6, 6.07) is 8.37. The number of anilines is 2. The second-order valence-corrected chi connectivity index (χ2v) is 7.17. The number of halogens is 1. The van der Waals surface area contributed by atoms with Gasteiger partial charge in [0.15, 0.2) is 0 Å². The molecule has 1 amide bonds. The number of rotatable bonds is 7. The van der Waals surface area contributed by atoms with Crippen LogP contribution in [0.5, 0.6) is 0 Å². The van der Waals surface area contributed by atoms with Crippen LogP contribution in [0.25, 0.3) is 0 Å². The fraction of sp³-hybridized carbons (Fsp3) is 0.421. The molecule has 0 radical (unpaired) electrons. The van der Waals surface area contributed by atoms with Crippen LogP contribution < -0.4 is 10.2 Å². The first-order valence-corrected chi connectivity index (χ1v) is 10.1. The molecule has 5 nitrogen and oxygen atoms in total. The van der Waals surface area contributed by atoms with Crippen LogP contribution in [0.15, 0.2) is 42.7 Å². The van der Waals surface area contributed by atoms with E-state index in [0.717, 1.165) is 12.2 Å².